The molecule has 0 aromatic heterocycles. The molecule has 0 rings (SSSR count). The maximum atomic E-state index is 6.37. The molecule has 0 N–H and O–H groups in total. The molecule has 0 aliphatic heterocycles. The largest absolute Gasteiger partial charge is 1.00 e. The van der Waals surface area contributed by atoms with E-state index in [9.17, 15) is 0 Å². The number of nitrogens with zero attached hydrogens (tertiary/aromatic N) is 1. The van der Waals surface area contributed by atoms with E-state index in [1.165, 1.54) is 88.3 Å². The zero-order chi connectivity index (χ0) is 14.4. The number of rotatable bonds is 14. The Bertz CT molecular complexity index is 176. The molecule has 3 heteroatoms. The number of unbranched alkanes of at least 4 members (excludes halogenated alkanes) is 7. The summed E-state index contributed by atoms with van der Waals surface area (Å²) >= 11 is 6.37. The first kappa shape index (κ1) is 22.8. The molecule has 0 radical (unpaired) electrons. The lowest BCUT2D eigenvalue weighted by Gasteiger charge is -2.37. The fourth-order valence-corrected chi connectivity index (χ4v) is 3.14. The van der Waals surface area contributed by atoms with Crippen LogP contribution in [0.2, 0.25) is 0 Å². The molecule has 0 aliphatic rings. The van der Waals surface area contributed by atoms with Crippen molar-refractivity contribution < 1.29 is 16.9 Å². The first-order chi connectivity index (χ1) is 9.24. The van der Waals surface area contributed by atoms with Crippen molar-refractivity contribution >= 4 is 11.6 Å². The minimum atomic E-state index is 0. The van der Waals surface area contributed by atoms with Crippen LogP contribution in [0, 0.1) is 0 Å². The second-order valence-corrected chi connectivity index (χ2v) is 6.35. The van der Waals surface area contributed by atoms with Crippen LogP contribution in [-0.4, -0.2) is 30.1 Å². The van der Waals surface area contributed by atoms with E-state index in [0.717, 1.165) is 6.00 Å². The smallest absolute Gasteiger partial charge is 0.154 e. The molecule has 20 heavy (non-hydrogen) atoms. The number of halogens is 2. The fourth-order valence-electron chi connectivity index (χ4n) is 2.78. The van der Waals surface area contributed by atoms with Gasteiger partial charge in [-0.2, -0.15) is 0 Å². The maximum absolute atomic E-state index is 6.37. The van der Waals surface area contributed by atoms with Crippen LogP contribution in [-0.2, 0) is 0 Å². The van der Waals surface area contributed by atoms with Gasteiger partial charge in [0.1, 0.15) is 0 Å². The van der Waals surface area contributed by atoms with Crippen LogP contribution < -0.4 is 12.4 Å². The third-order valence-corrected chi connectivity index (χ3v) is 4.72. The first-order valence-electron chi connectivity index (χ1n) is 8.65. The van der Waals surface area contributed by atoms with Gasteiger partial charge in [-0.05, 0) is 38.5 Å². The summed E-state index contributed by atoms with van der Waals surface area (Å²) in [6, 6.07) is 0.819. The van der Waals surface area contributed by atoms with Gasteiger partial charge in [0.25, 0.3) is 0 Å². The Kier molecular flexibility index (Phi) is 18.2. The second-order valence-electron chi connectivity index (χ2n) is 6.11. The summed E-state index contributed by atoms with van der Waals surface area (Å²) in [5.74, 6) is 0. The standard InChI is InChI=1S/C17H37ClN.ClH/c1-4-7-10-13-16-19(17-18,14-11-8-5-2)15-12-9-6-3;/h4-17H2,1-3H3;1H/q+1;/p-1. The Balaban J connectivity index is 0. The molecule has 0 spiro atoms. The van der Waals surface area contributed by atoms with Gasteiger partial charge in [-0.1, -0.05) is 58.1 Å². The minimum Gasteiger partial charge on any atom is -1.00 e. The van der Waals surface area contributed by atoms with E-state index < -0.39 is 0 Å². The lowest BCUT2D eigenvalue weighted by Crippen LogP contribution is -3.00. The summed E-state index contributed by atoms with van der Waals surface area (Å²) in [5.41, 5.74) is 0. The van der Waals surface area contributed by atoms with E-state index >= 15 is 0 Å². The molecule has 0 bridgehead atoms. The first-order valence-corrected chi connectivity index (χ1v) is 9.19. The quantitative estimate of drug-likeness (QED) is 0.199. The summed E-state index contributed by atoms with van der Waals surface area (Å²) < 4.78 is 1.17. The topological polar surface area (TPSA) is 0 Å². The van der Waals surface area contributed by atoms with Crippen LogP contribution in [0.5, 0.6) is 0 Å². The van der Waals surface area contributed by atoms with Gasteiger partial charge in [0.15, 0.2) is 6.00 Å². The van der Waals surface area contributed by atoms with E-state index in [-0.39, 0.29) is 12.4 Å². The number of hydrogen-bond donors (Lipinski definition) is 0. The molecular formula is C17H37Cl2N. The molecule has 0 amide bonds. The SMILES string of the molecule is CCCCCC[N+](CCl)(CCCCC)CCCCC.[Cl-]. The van der Waals surface area contributed by atoms with Crippen molar-refractivity contribution in [3.63, 3.8) is 0 Å². The van der Waals surface area contributed by atoms with Gasteiger partial charge in [-0.15, -0.1) is 0 Å². The van der Waals surface area contributed by atoms with Crippen LogP contribution >= 0.6 is 11.6 Å². The van der Waals surface area contributed by atoms with E-state index in [4.69, 9.17) is 11.6 Å². The summed E-state index contributed by atoms with van der Waals surface area (Å²) in [4.78, 5) is 0. The summed E-state index contributed by atoms with van der Waals surface area (Å²) in [7, 11) is 0. The number of hydrogen-bond acceptors (Lipinski definition) is 0. The monoisotopic (exact) mass is 325 g/mol. The zero-order valence-corrected chi connectivity index (χ0v) is 15.6. The van der Waals surface area contributed by atoms with Crippen molar-refractivity contribution in [2.75, 3.05) is 25.6 Å². The Morgan fingerprint density at radius 2 is 0.950 bits per heavy atom. The highest BCUT2D eigenvalue weighted by molar-refractivity contribution is 6.16. The molecule has 0 aromatic rings. The molecule has 0 fully saturated rings. The van der Waals surface area contributed by atoms with Crippen molar-refractivity contribution in [3.05, 3.63) is 0 Å². The summed E-state index contributed by atoms with van der Waals surface area (Å²) in [6.45, 7) is 10.8. The highest BCUT2D eigenvalue weighted by Gasteiger charge is 2.24. The van der Waals surface area contributed by atoms with Gasteiger partial charge in [0.05, 0.1) is 19.6 Å². The number of alkyl halides is 1. The predicted molar refractivity (Wildman–Crippen MR) is 88.8 cm³/mol. The molecule has 0 unspecified atom stereocenters. The molecule has 0 heterocycles. The Morgan fingerprint density at radius 3 is 1.30 bits per heavy atom. The average molecular weight is 326 g/mol. The molecule has 0 saturated carbocycles. The van der Waals surface area contributed by atoms with E-state index in [1.807, 2.05) is 0 Å². The maximum Gasteiger partial charge on any atom is 0.154 e. The van der Waals surface area contributed by atoms with Gasteiger partial charge in [0.2, 0.25) is 0 Å². The lowest BCUT2D eigenvalue weighted by atomic mass is 10.1. The third-order valence-electron chi connectivity index (χ3n) is 4.21. The van der Waals surface area contributed by atoms with Crippen LogP contribution in [0.15, 0.2) is 0 Å². The van der Waals surface area contributed by atoms with Crippen molar-refractivity contribution in [2.24, 2.45) is 0 Å². The second kappa shape index (κ2) is 15.9. The zero-order valence-electron chi connectivity index (χ0n) is 14.1. The van der Waals surface area contributed by atoms with Gasteiger partial charge in [0, 0.05) is 0 Å². The lowest BCUT2D eigenvalue weighted by molar-refractivity contribution is -0.918. The molecular weight excluding hydrogens is 289 g/mol. The Labute approximate surface area is 139 Å². The van der Waals surface area contributed by atoms with Crippen molar-refractivity contribution in [1.29, 1.82) is 0 Å². The van der Waals surface area contributed by atoms with Gasteiger partial charge in [-0.25, -0.2) is 0 Å². The van der Waals surface area contributed by atoms with Gasteiger partial charge >= 0.3 is 0 Å². The molecule has 0 aromatic carbocycles. The van der Waals surface area contributed by atoms with E-state index in [0.29, 0.717) is 0 Å². The molecule has 1 nitrogen and oxygen atoms in total. The normalized spacial score (nSPS) is 11.4. The van der Waals surface area contributed by atoms with E-state index in [1.54, 1.807) is 0 Å². The Hall–Kier alpha value is 0.540. The van der Waals surface area contributed by atoms with Crippen LogP contribution in [0.1, 0.15) is 85.0 Å². The van der Waals surface area contributed by atoms with Gasteiger partial charge < -0.3 is 16.9 Å². The highest BCUT2D eigenvalue weighted by Crippen LogP contribution is 2.17. The Morgan fingerprint density at radius 1 is 0.600 bits per heavy atom. The van der Waals surface area contributed by atoms with Crippen molar-refractivity contribution in [1.82, 2.24) is 0 Å². The molecule has 0 atom stereocenters. The van der Waals surface area contributed by atoms with Crippen molar-refractivity contribution in [3.8, 4) is 0 Å². The summed E-state index contributed by atoms with van der Waals surface area (Å²) in [5, 5.41) is 0. The van der Waals surface area contributed by atoms with Gasteiger partial charge in [-0.3, -0.25) is 0 Å². The molecule has 0 aliphatic carbocycles. The van der Waals surface area contributed by atoms with Crippen LogP contribution in [0.4, 0.5) is 0 Å². The third kappa shape index (κ3) is 11.2. The molecule has 124 valence electrons. The highest BCUT2D eigenvalue weighted by atomic mass is 35.5. The molecule has 0 saturated heterocycles. The summed E-state index contributed by atoms with van der Waals surface area (Å²) in [6.07, 6.45) is 13.5. The fraction of sp³-hybridized carbons (Fsp3) is 1.00. The minimum absolute atomic E-state index is 0. The van der Waals surface area contributed by atoms with Crippen LogP contribution in [0.3, 0.4) is 0 Å². The predicted octanol–water partition coefficient (Wildman–Crippen LogP) is 2.96. The number of quaternary nitrogens is 1. The van der Waals surface area contributed by atoms with E-state index in [2.05, 4.69) is 20.8 Å². The van der Waals surface area contributed by atoms with Crippen molar-refractivity contribution in [2.45, 2.75) is 85.0 Å². The average Bonchev–Trinajstić information content (AvgIpc) is 2.43. The van der Waals surface area contributed by atoms with Crippen LogP contribution in [0.25, 0.3) is 0 Å².